The zero-order valence-corrected chi connectivity index (χ0v) is 10.9. The monoisotopic (exact) mass is 260 g/mol. The van der Waals surface area contributed by atoms with Gasteiger partial charge in [-0.1, -0.05) is 31.0 Å². The molecule has 0 heterocycles. The van der Waals surface area contributed by atoms with Crippen LogP contribution < -0.4 is 0 Å². The molecule has 0 amide bonds. The van der Waals surface area contributed by atoms with E-state index in [4.69, 9.17) is 16.3 Å². The van der Waals surface area contributed by atoms with Gasteiger partial charge in [-0.25, -0.2) is 4.39 Å². The molecule has 0 fully saturated rings. The van der Waals surface area contributed by atoms with E-state index < -0.39 is 6.10 Å². The third-order valence-electron chi connectivity index (χ3n) is 2.75. The van der Waals surface area contributed by atoms with E-state index in [9.17, 15) is 9.50 Å². The molecule has 1 rings (SSSR count). The van der Waals surface area contributed by atoms with Gasteiger partial charge in [-0.05, 0) is 24.1 Å². The first kappa shape index (κ1) is 14.4. The van der Waals surface area contributed by atoms with Crippen molar-refractivity contribution in [1.82, 2.24) is 0 Å². The number of rotatable bonds is 6. The summed E-state index contributed by atoms with van der Waals surface area (Å²) in [5.74, 6) is -0.386. The quantitative estimate of drug-likeness (QED) is 0.851. The molecule has 2 nitrogen and oxygen atoms in total. The number of methoxy groups -OCH3 is 1. The molecule has 1 N–H and O–H groups in total. The van der Waals surface area contributed by atoms with E-state index >= 15 is 0 Å². The van der Waals surface area contributed by atoms with E-state index in [1.807, 2.05) is 6.92 Å². The molecule has 4 heteroatoms. The fourth-order valence-electron chi connectivity index (χ4n) is 1.80. The Morgan fingerprint density at radius 2 is 2.18 bits per heavy atom. The predicted octanol–water partition coefficient (Wildman–Crippen LogP) is 3.20. The average Bonchev–Trinajstić information content (AvgIpc) is 2.29. The standard InChI is InChI=1S/C13H18ClFO2/c1-3-4-13(17-2)12(16)7-9-5-6-10(14)8-11(9)15/h5-6,8,12-13,16H,3-4,7H2,1-2H3. The van der Waals surface area contributed by atoms with Crippen molar-refractivity contribution in [2.45, 2.75) is 38.4 Å². The summed E-state index contributed by atoms with van der Waals surface area (Å²) in [6.07, 6.45) is 0.957. The van der Waals surface area contributed by atoms with Crippen LogP contribution in [0.1, 0.15) is 25.3 Å². The second-order valence-corrected chi connectivity index (χ2v) is 4.51. The van der Waals surface area contributed by atoms with Crippen molar-refractivity contribution >= 4 is 11.6 Å². The first-order valence-electron chi connectivity index (χ1n) is 5.73. The summed E-state index contributed by atoms with van der Waals surface area (Å²) in [4.78, 5) is 0. The van der Waals surface area contributed by atoms with Crippen LogP contribution in [0, 0.1) is 5.82 Å². The highest BCUT2D eigenvalue weighted by molar-refractivity contribution is 6.30. The highest BCUT2D eigenvalue weighted by Crippen LogP contribution is 2.18. The van der Waals surface area contributed by atoms with E-state index in [1.54, 1.807) is 19.2 Å². The Morgan fingerprint density at radius 3 is 2.71 bits per heavy atom. The van der Waals surface area contributed by atoms with Crippen molar-refractivity contribution in [2.75, 3.05) is 7.11 Å². The van der Waals surface area contributed by atoms with Gasteiger partial charge in [0, 0.05) is 18.6 Å². The zero-order valence-electron chi connectivity index (χ0n) is 10.1. The highest BCUT2D eigenvalue weighted by atomic mass is 35.5. The molecule has 96 valence electrons. The molecule has 0 aliphatic heterocycles. The lowest BCUT2D eigenvalue weighted by molar-refractivity contribution is -0.0162. The van der Waals surface area contributed by atoms with Crippen LogP contribution in [0.25, 0.3) is 0 Å². The van der Waals surface area contributed by atoms with Gasteiger partial charge >= 0.3 is 0 Å². The van der Waals surface area contributed by atoms with E-state index in [1.165, 1.54) is 6.07 Å². The Balaban J connectivity index is 2.69. The van der Waals surface area contributed by atoms with Gasteiger partial charge in [-0.2, -0.15) is 0 Å². The minimum absolute atomic E-state index is 0.238. The minimum Gasteiger partial charge on any atom is -0.390 e. The van der Waals surface area contributed by atoms with Gasteiger partial charge in [0.2, 0.25) is 0 Å². The van der Waals surface area contributed by atoms with Crippen LogP contribution in [0.15, 0.2) is 18.2 Å². The van der Waals surface area contributed by atoms with E-state index in [0.29, 0.717) is 10.6 Å². The smallest absolute Gasteiger partial charge is 0.127 e. The lowest BCUT2D eigenvalue weighted by Gasteiger charge is -2.21. The van der Waals surface area contributed by atoms with Gasteiger partial charge in [0.1, 0.15) is 5.82 Å². The van der Waals surface area contributed by atoms with Crippen molar-refractivity contribution in [3.05, 3.63) is 34.6 Å². The van der Waals surface area contributed by atoms with E-state index in [-0.39, 0.29) is 18.3 Å². The van der Waals surface area contributed by atoms with Crippen LogP contribution in [0.5, 0.6) is 0 Å². The summed E-state index contributed by atoms with van der Waals surface area (Å²) in [6, 6.07) is 4.47. The average molecular weight is 261 g/mol. The Hall–Kier alpha value is -0.640. The Bertz CT molecular complexity index is 357. The predicted molar refractivity (Wildman–Crippen MR) is 66.8 cm³/mol. The third-order valence-corrected chi connectivity index (χ3v) is 2.98. The summed E-state index contributed by atoms with van der Waals surface area (Å²) in [7, 11) is 1.56. The van der Waals surface area contributed by atoms with Crippen molar-refractivity contribution in [2.24, 2.45) is 0 Å². The molecule has 0 saturated heterocycles. The fourth-order valence-corrected chi connectivity index (χ4v) is 1.95. The molecule has 2 unspecified atom stereocenters. The van der Waals surface area contributed by atoms with Gasteiger partial charge in [0.05, 0.1) is 12.2 Å². The molecule has 0 aromatic heterocycles. The van der Waals surface area contributed by atoms with Crippen LogP contribution in [-0.2, 0) is 11.2 Å². The number of aliphatic hydroxyl groups excluding tert-OH is 1. The number of hydrogen-bond acceptors (Lipinski definition) is 2. The lowest BCUT2D eigenvalue weighted by atomic mass is 10.0. The van der Waals surface area contributed by atoms with Crippen LogP contribution in [0.2, 0.25) is 5.02 Å². The van der Waals surface area contributed by atoms with Crippen LogP contribution in [0.4, 0.5) is 4.39 Å². The van der Waals surface area contributed by atoms with E-state index in [2.05, 4.69) is 0 Å². The topological polar surface area (TPSA) is 29.5 Å². The largest absolute Gasteiger partial charge is 0.390 e. The molecular weight excluding hydrogens is 243 g/mol. The van der Waals surface area contributed by atoms with Crippen molar-refractivity contribution in [1.29, 1.82) is 0 Å². The van der Waals surface area contributed by atoms with Gasteiger partial charge in [-0.3, -0.25) is 0 Å². The molecule has 1 aromatic carbocycles. The molecule has 1 aromatic rings. The van der Waals surface area contributed by atoms with Crippen molar-refractivity contribution < 1.29 is 14.2 Å². The summed E-state index contributed by atoms with van der Waals surface area (Å²) < 4.78 is 18.7. The maximum absolute atomic E-state index is 13.5. The van der Waals surface area contributed by atoms with E-state index in [0.717, 1.165) is 12.8 Å². The normalized spacial score (nSPS) is 14.6. The van der Waals surface area contributed by atoms with Crippen molar-refractivity contribution in [3.63, 3.8) is 0 Å². The molecule has 0 saturated carbocycles. The molecule has 17 heavy (non-hydrogen) atoms. The summed E-state index contributed by atoms with van der Waals surface area (Å²) >= 11 is 5.67. The first-order chi connectivity index (χ1) is 8.08. The number of aliphatic hydroxyl groups is 1. The molecule has 0 spiro atoms. The Morgan fingerprint density at radius 1 is 1.47 bits per heavy atom. The fraction of sp³-hybridized carbons (Fsp3) is 0.538. The highest BCUT2D eigenvalue weighted by Gasteiger charge is 2.19. The SMILES string of the molecule is CCCC(OC)C(O)Cc1ccc(Cl)cc1F. The second kappa shape index (κ2) is 6.94. The molecule has 2 atom stereocenters. The summed E-state index contributed by atoms with van der Waals surface area (Å²) in [5.41, 5.74) is 0.458. The summed E-state index contributed by atoms with van der Waals surface area (Å²) in [5, 5.41) is 10.3. The Labute approximate surface area is 106 Å². The maximum Gasteiger partial charge on any atom is 0.127 e. The molecule has 0 bridgehead atoms. The molecule has 0 aliphatic carbocycles. The van der Waals surface area contributed by atoms with Gasteiger partial charge in [0.25, 0.3) is 0 Å². The maximum atomic E-state index is 13.5. The minimum atomic E-state index is -0.698. The summed E-state index contributed by atoms with van der Waals surface area (Å²) in [6.45, 7) is 2.02. The lowest BCUT2D eigenvalue weighted by Crippen LogP contribution is -2.30. The van der Waals surface area contributed by atoms with Crippen LogP contribution in [0.3, 0.4) is 0 Å². The molecule has 0 aliphatic rings. The number of ether oxygens (including phenoxy) is 1. The number of benzene rings is 1. The number of hydrogen-bond donors (Lipinski definition) is 1. The second-order valence-electron chi connectivity index (χ2n) is 4.07. The van der Waals surface area contributed by atoms with Crippen LogP contribution in [-0.4, -0.2) is 24.4 Å². The molecule has 0 radical (unpaired) electrons. The third kappa shape index (κ3) is 4.26. The number of halogens is 2. The van der Waals surface area contributed by atoms with Gasteiger partial charge in [0.15, 0.2) is 0 Å². The van der Waals surface area contributed by atoms with Crippen molar-refractivity contribution in [3.8, 4) is 0 Å². The van der Waals surface area contributed by atoms with Crippen LogP contribution >= 0.6 is 11.6 Å². The van der Waals surface area contributed by atoms with Gasteiger partial charge in [-0.15, -0.1) is 0 Å². The Kier molecular flexibility index (Phi) is 5.89. The van der Waals surface area contributed by atoms with Gasteiger partial charge < -0.3 is 9.84 Å². The first-order valence-corrected chi connectivity index (χ1v) is 6.11. The molecular formula is C13H18ClFO2. The zero-order chi connectivity index (χ0) is 12.8.